The van der Waals surface area contributed by atoms with Gasteiger partial charge in [-0.05, 0) is 61.2 Å². The highest BCUT2D eigenvalue weighted by molar-refractivity contribution is 7.92. The molecule has 0 bridgehead atoms. The Labute approximate surface area is 194 Å². The molecule has 2 saturated heterocycles. The number of anilines is 2. The summed E-state index contributed by atoms with van der Waals surface area (Å²) in [6.45, 7) is 6.75. The van der Waals surface area contributed by atoms with Crippen molar-refractivity contribution in [3.8, 4) is 0 Å². The lowest BCUT2D eigenvalue weighted by Gasteiger charge is -2.33. The molecule has 0 spiro atoms. The summed E-state index contributed by atoms with van der Waals surface area (Å²) in [5.74, 6) is 0.408. The lowest BCUT2D eigenvalue weighted by molar-refractivity contribution is 0.0683. The molecule has 1 atom stereocenters. The van der Waals surface area contributed by atoms with Crippen molar-refractivity contribution in [3.63, 3.8) is 0 Å². The van der Waals surface area contributed by atoms with Crippen molar-refractivity contribution in [1.29, 1.82) is 0 Å². The third-order valence-corrected chi connectivity index (χ3v) is 7.65. The van der Waals surface area contributed by atoms with Crippen LogP contribution < -0.4 is 14.9 Å². The SMILES string of the molecule is CC1CCCN(C(=O)c2ccc(N3CCNCC3)c(NS(=O)(=O)c3ccc(Cl)cc3)c2)C1. The fraction of sp³-hybridized carbons (Fsp3) is 0.435. The van der Waals surface area contributed by atoms with Gasteiger partial charge in [-0.3, -0.25) is 9.52 Å². The minimum Gasteiger partial charge on any atom is -0.367 e. The van der Waals surface area contributed by atoms with Crippen LogP contribution >= 0.6 is 11.6 Å². The van der Waals surface area contributed by atoms with Crippen molar-refractivity contribution in [2.45, 2.75) is 24.7 Å². The minimum absolute atomic E-state index is 0.0599. The van der Waals surface area contributed by atoms with Gasteiger partial charge in [0.1, 0.15) is 0 Å². The first-order chi connectivity index (χ1) is 15.3. The number of halogens is 1. The summed E-state index contributed by atoms with van der Waals surface area (Å²) in [7, 11) is -3.84. The van der Waals surface area contributed by atoms with Gasteiger partial charge < -0.3 is 15.1 Å². The van der Waals surface area contributed by atoms with E-state index in [4.69, 9.17) is 11.6 Å². The van der Waals surface area contributed by atoms with E-state index in [0.717, 1.165) is 57.8 Å². The molecule has 2 aromatic rings. The van der Waals surface area contributed by atoms with Crippen LogP contribution in [-0.2, 0) is 10.0 Å². The van der Waals surface area contributed by atoms with Gasteiger partial charge in [0.05, 0.1) is 16.3 Å². The number of nitrogens with zero attached hydrogens (tertiary/aromatic N) is 2. The van der Waals surface area contributed by atoms with Crippen LogP contribution in [0, 0.1) is 5.92 Å². The van der Waals surface area contributed by atoms with Crippen LogP contribution in [0.3, 0.4) is 0 Å². The summed E-state index contributed by atoms with van der Waals surface area (Å²) < 4.78 is 28.9. The third-order valence-electron chi connectivity index (χ3n) is 6.01. The van der Waals surface area contributed by atoms with E-state index in [1.54, 1.807) is 24.3 Å². The monoisotopic (exact) mass is 476 g/mol. The zero-order valence-corrected chi connectivity index (χ0v) is 19.8. The van der Waals surface area contributed by atoms with Gasteiger partial charge in [0, 0.05) is 49.9 Å². The van der Waals surface area contributed by atoms with Gasteiger partial charge in [-0.25, -0.2) is 8.42 Å². The Kier molecular flexibility index (Phi) is 6.93. The summed E-state index contributed by atoms with van der Waals surface area (Å²) >= 11 is 5.92. The van der Waals surface area contributed by atoms with Crippen LogP contribution in [0.4, 0.5) is 11.4 Å². The summed E-state index contributed by atoms with van der Waals surface area (Å²) in [5.41, 5.74) is 1.68. The molecule has 172 valence electrons. The van der Waals surface area contributed by atoms with Crippen LogP contribution in [0.25, 0.3) is 0 Å². The standard InChI is InChI=1S/C23H29ClN4O3S/c1-17-3-2-12-28(16-17)23(29)18-4-9-22(27-13-10-25-11-14-27)21(15-18)26-32(30,31)20-7-5-19(24)6-8-20/h4-9,15,17,25-26H,2-3,10-14,16H2,1H3. The molecule has 0 aromatic heterocycles. The normalized spacial score (nSPS) is 19.6. The number of sulfonamides is 1. The number of hydrogen-bond acceptors (Lipinski definition) is 5. The molecule has 2 aliphatic heterocycles. The van der Waals surface area contributed by atoms with Gasteiger partial charge in [-0.2, -0.15) is 0 Å². The smallest absolute Gasteiger partial charge is 0.261 e. The Morgan fingerprint density at radius 1 is 1.09 bits per heavy atom. The molecular weight excluding hydrogens is 448 g/mol. The molecule has 0 aliphatic carbocycles. The molecule has 2 aromatic carbocycles. The zero-order chi connectivity index (χ0) is 22.7. The lowest BCUT2D eigenvalue weighted by atomic mass is 9.99. The topological polar surface area (TPSA) is 81.8 Å². The average Bonchev–Trinajstić information content (AvgIpc) is 2.79. The Bertz CT molecular complexity index is 1070. The quantitative estimate of drug-likeness (QED) is 0.691. The molecule has 4 rings (SSSR count). The van der Waals surface area contributed by atoms with Crippen molar-refractivity contribution in [2.24, 2.45) is 5.92 Å². The number of likely N-dealkylation sites (tertiary alicyclic amines) is 1. The largest absolute Gasteiger partial charge is 0.367 e. The van der Waals surface area contributed by atoms with Crippen LogP contribution in [0.5, 0.6) is 0 Å². The number of amides is 1. The summed E-state index contributed by atoms with van der Waals surface area (Å²) in [4.78, 5) is 17.3. The van der Waals surface area contributed by atoms with Crippen molar-refractivity contribution in [1.82, 2.24) is 10.2 Å². The van der Waals surface area contributed by atoms with Crippen LogP contribution in [-0.4, -0.2) is 58.5 Å². The lowest BCUT2D eigenvalue weighted by Crippen LogP contribution is -2.44. The van der Waals surface area contributed by atoms with Gasteiger partial charge in [-0.1, -0.05) is 18.5 Å². The average molecular weight is 477 g/mol. The molecular formula is C23H29ClN4O3S. The van der Waals surface area contributed by atoms with Crippen LogP contribution in [0.15, 0.2) is 47.4 Å². The van der Waals surface area contributed by atoms with E-state index in [0.29, 0.717) is 22.2 Å². The number of nitrogens with one attached hydrogen (secondary N) is 2. The molecule has 2 heterocycles. The number of piperazine rings is 1. The molecule has 0 saturated carbocycles. The molecule has 32 heavy (non-hydrogen) atoms. The maximum absolute atomic E-state index is 13.2. The highest BCUT2D eigenvalue weighted by Crippen LogP contribution is 2.31. The Morgan fingerprint density at radius 2 is 1.81 bits per heavy atom. The fourth-order valence-electron chi connectivity index (χ4n) is 4.31. The van der Waals surface area contributed by atoms with E-state index >= 15 is 0 Å². The van der Waals surface area contributed by atoms with Crippen LogP contribution in [0.2, 0.25) is 5.02 Å². The number of rotatable bonds is 5. The molecule has 7 nitrogen and oxygen atoms in total. The van der Waals surface area contributed by atoms with Gasteiger partial charge in [0.25, 0.3) is 15.9 Å². The van der Waals surface area contributed by atoms with Gasteiger partial charge >= 0.3 is 0 Å². The number of carbonyl (C=O) groups is 1. The van der Waals surface area contributed by atoms with Gasteiger partial charge in [0.2, 0.25) is 0 Å². The summed E-state index contributed by atoms with van der Waals surface area (Å²) in [6.07, 6.45) is 2.11. The van der Waals surface area contributed by atoms with Crippen molar-refractivity contribution < 1.29 is 13.2 Å². The molecule has 0 radical (unpaired) electrons. The molecule has 2 N–H and O–H groups in total. The fourth-order valence-corrected chi connectivity index (χ4v) is 5.50. The van der Waals surface area contributed by atoms with Crippen molar-refractivity contribution in [2.75, 3.05) is 48.9 Å². The van der Waals surface area contributed by atoms with E-state index in [-0.39, 0.29) is 10.8 Å². The molecule has 9 heteroatoms. The Balaban J connectivity index is 1.67. The number of carbonyl (C=O) groups excluding carboxylic acids is 1. The van der Waals surface area contributed by atoms with E-state index in [9.17, 15) is 13.2 Å². The summed E-state index contributed by atoms with van der Waals surface area (Å²) in [5, 5.41) is 3.77. The van der Waals surface area contributed by atoms with Gasteiger partial charge in [0.15, 0.2) is 0 Å². The highest BCUT2D eigenvalue weighted by Gasteiger charge is 2.25. The predicted molar refractivity (Wildman–Crippen MR) is 128 cm³/mol. The van der Waals surface area contributed by atoms with E-state index < -0.39 is 10.0 Å². The maximum atomic E-state index is 13.2. The van der Waals surface area contributed by atoms with Gasteiger partial charge in [-0.15, -0.1) is 0 Å². The molecule has 1 unspecified atom stereocenters. The molecule has 1 amide bonds. The van der Waals surface area contributed by atoms with E-state index in [1.165, 1.54) is 12.1 Å². The highest BCUT2D eigenvalue weighted by atomic mass is 35.5. The first-order valence-electron chi connectivity index (χ1n) is 11.0. The Morgan fingerprint density at radius 3 is 2.50 bits per heavy atom. The first kappa shape index (κ1) is 22.9. The predicted octanol–water partition coefficient (Wildman–Crippen LogP) is 3.42. The maximum Gasteiger partial charge on any atom is 0.261 e. The second-order valence-electron chi connectivity index (χ2n) is 8.53. The number of hydrogen-bond donors (Lipinski definition) is 2. The third kappa shape index (κ3) is 5.19. The van der Waals surface area contributed by atoms with Crippen LogP contribution in [0.1, 0.15) is 30.1 Å². The van der Waals surface area contributed by atoms with E-state index in [2.05, 4.69) is 21.9 Å². The molecule has 2 fully saturated rings. The minimum atomic E-state index is -3.84. The molecule has 2 aliphatic rings. The zero-order valence-electron chi connectivity index (χ0n) is 18.2. The number of benzene rings is 2. The second-order valence-corrected chi connectivity index (χ2v) is 10.6. The second kappa shape index (κ2) is 9.68. The van der Waals surface area contributed by atoms with Crippen molar-refractivity contribution in [3.05, 3.63) is 53.1 Å². The Hall–Kier alpha value is -2.29. The number of piperidine rings is 1. The van der Waals surface area contributed by atoms with E-state index in [1.807, 2.05) is 11.0 Å². The summed E-state index contributed by atoms with van der Waals surface area (Å²) in [6, 6.07) is 11.4. The first-order valence-corrected chi connectivity index (χ1v) is 12.9. The van der Waals surface area contributed by atoms with Crippen molar-refractivity contribution >= 4 is 38.9 Å².